The number of ether oxygens (including phenoxy) is 1. The van der Waals surface area contributed by atoms with Crippen LogP contribution in [0.4, 0.5) is 0 Å². The second-order valence-corrected chi connectivity index (χ2v) is 11.6. The van der Waals surface area contributed by atoms with Crippen LogP contribution < -0.4 is 0 Å². The lowest BCUT2D eigenvalue weighted by molar-refractivity contribution is 0.0241. The molecule has 6 aromatic rings. The van der Waals surface area contributed by atoms with Crippen molar-refractivity contribution < 1.29 is 9.53 Å². The fourth-order valence-electron chi connectivity index (χ4n) is 6.46. The molecule has 7 rings (SSSR count). The van der Waals surface area contributed by atoms with Crippen LogP contribution in [0.5, 0.6) is 0 Å². The van der Waals surface area contributed by atoms with Crippen molar-refractivity contribution in [2.75, 3.05) is 0 Å². The first kappa shape index (κ1) is 26.5. The van der Waals surface area contributed by atoms with Crippen LogP contribution in [-0.2, 0) is 16.9 Å². The van der Waals surface area contributed by atoms with Crippen molar-refractivity contribution in [3.8, 4) is 11.1 Å². The largest absolute Gasteiger partial charge is 0.439 e. The number of fused-ring (bicyclic) bond motifs is 3. The summed E-state index contributed by atoms with van der Waals surface area (Å²) in [6, 6.07) is 26.1. The molecule has 1 atom stereocenters. The minimum atomic E-state index is -1.52. The third-order valence-electron chi connectivity index (χ3n) is 8.07. The molecule has 0 aliphatic carbocycles. The first-order chi connectivity index (χ1) is 19.8. The number of pyridine rings is 1. The maximum Gasteiger partial charge on any atom is 0.341 e. The highest BCUT2D eigenvalue weighted by molar-refractivity contribution is 6.53. The van der Waals surface area contributed by atoms with Crippen LogP contribution in [0.1, 0.15) is 39.8 Å². The number of nitrogens with zero attached hydrogens (tertiary/aromatic N) is 2. The highest BCUT2D eigenvalue weighted by atomic mass is 35.5. The molecule has 0 spiro atoms. The van der Waals surface area contributed by atoms with E-state index in [0.29, 0.717) is 17.8 Å². The second kappa shape index (κ2) is 9.57. The lowest BCUT2D eigenvalue weighted by atomic mass is 9.79. The topological polar surface area (TPSA) is 35.6 Å². The molecule has 204 valence electrons. The number of carbonyl (C=O) groups excluding carboxylic acids is 1. The van der Waals surface area contributed by atoms with E-state index < -0.39 is 11.6 Å². The van der Waals surface area contributed by atoms with Gasteiger partial charge in [-0.1, -0.05) is 101 Å². The number of hydrogen-bond acceptors (Lipinski definition) is 2. The molecule has 0 radical (unpaired) electrons. The molecular weight excluding hydrogens is 598 g/mol. The van der Waals surface area contributed by atoms with Gasteiger partial charge in [0.15, 0.2) is 0 Å². The summed E-state index contributed by atoms with van der Waals surface area (Å²) in [5.74, 6) is -0.622. The quantitative estimate of drug-likeness (QED) is 0.112. The zero-order valence-electron chi connectivity index (χ0n) is 22.0. The van der Waals surface area contributed by atoms with Crippen LogP contribution in [0, 0.1) is 6.92 Å². The number of benzene rings is 3. The van der Waals surface area contributed by atoms with Crippen LogP contribution in [-0.4, -0.2) is 14.9 Å². The van der Waals surface area contributed by atoms with Gasteiger partial charge >= 0.3 is 5.97 Å². The Balaban J connectivity index is 1.77. The Morgan fingerprint density at radius 3 is 2.24 bits per heavy atom. The van der Waals surface area contributed by atoms with E-state index in [1.54, 1.807) is 0 Å². The van der Waals surface area contributed by atoms with Crippen molar-refractivity contribution in [1.82, 2.24) is 8.97 Å². The number of rotatable bonds is 4. The van der Waals surface area contributed by atoms with E-state index in [-0.39, 0.29) is 25.7 Å². The maximum absolute atomic E-state index is 14.0. The van der Waals surface area contributed by atoms with Gasteiger partial charge in [-0.2, -0.15) is 0 Å². The molecule has 0 bridgehead atoms. The van der Waals surface area contributed by atoms with Gasteiger partial charge in [0.25, 0.3) is 0 Å². The molecule has 3 aromatic carbocycles. The monoisotopic (exact) mass is 618 g/mol. The lowest BCUT2D eigenvalue weighted by Crippen LogP contribution is -2.33. The van der Waals surface area contributed by atoms with E-state index >= 15 is 0 Å². The van der Waals surface area contributed by atoms with Crippen LogP contribution in [0.15, 0.2) is 85.1 Å². The minimum absolute atomic E-state index is 0.0147. The number of para-hydroxylation sites is 1. The van der Waals surface area contributed by atoms with Crippen LogP contribution in [0.2, 0.25) is 20.1 Å². The third-order valence-corrected chi connectivity index (χ3v) is 9.87. The summed E-state index contributed by atoms with van der Waals surface area (Å²) in [6.07, 6.45) is 1.96. The summed E-state index contributed by atoms with van der Waals surface area (Å²) in [4.78, 5) is 14.0. The molecule has 4 heterocycles. The Morgan fingerprint density at radius 2 is 1.49 bits per heavy atom. The number of esters is 1. The van der Waals surface area contributed by atoms with E-state index in [1.807, 2.05) is 79.9 Å². The molecule has 0 fully saturated rings. The normalized spacial score (nSPS) is 16.5. The highest BCUT2D eigenvalue weighted by Crippen LogP contribution is 2.59. The average Bonchev–Trinajstić information content (AvgIpc) is 3.62. The number of aromatic nitrogens is 2. The highest BCUT2D eigenvalue weighted by Gasteiger charge is 2.56. The van der Waals surface area contributed by atoms with Gasteiger partial charge in [-0.25, -0.2) is 4.79 Å². The van der Waals surface area contributed by atoms with Crippen molar-refractivity contribution in [2.24, 2.45) is 0 Å². The molecule has 3 aromatic heterocycles. The van der Waals surface area contributed by atoms with E-state index in [2.05, 4.69) is 28.0 Å². The molecule has 1 aliphatic rings. The molecule has 0 saturated heterocycles. The Morgan fingerprint density at radius 1 is 0.805 bits per heavy atom. The minimum Gasteiger partial charge on any atom is -0.439 e. The Hall–Kier alpha value is -3.41. The van der Waals surface area contributed by atoms with Gasteiger partial charge in [0.2, 0.25) is 5.60 Å². The van der Waals surface area contributed by atoms with Crippen LogP contribution >= 0.6 is 46.4 Å². The van der Waals surface area contributed by atoms with Gasteiger partial charge in [0.1, 0.15) is 0 Å². The third kappa shape index (κ3) is 3.52. The SMILES string of the molecule is CCn1c(C)c(C2(c3c(-c4ccccc4)cc4ccccn34)OC(=O)c3c(Cl)c(Cl)c(Cl)c(Cl)c32)c2ccccc21. The Bertz CT molecular complexity index is 2040. The molecule has 0 saturated carbocycles. The predicted octanol–water partition coefficient (Wildman–Crippen LogP) is 9.97. The average molecular weight is 620 g/mol. The summed E-state index contributed by atoms with van der Waals surface area (Å²) in [5, 5.41) is 1.15. The molecule has 0 amide bonds. The summed E-state index contributed by atoms with van der Waals surface area (Å²) in [5.41, 5.74) is 5.17. The van der Waals surface area contributed by atoms with E-state index in [1.165, 1.54) is 0 Å². The summed E-state index contributed by atoms with van der Waals surface area (Å²) < 4.78 is 10.9. The van der Waals surface area contributed by atoms with Gasteiger partial charge in [0, 0.05) is 51.5 Å². The fourth-order valence-corrected chi connectivity index (χ4v) is 7.52. The van der Waals surface area contributed by atoms with Crippen molar-refractivity contribution in [1.29, 1.82) is 0 Å². The Labute approximate surface area is 256 Å². The second-order valence-electron chi connectivity index (χ2n) is 10.1. The molecule has 1 unspecified atom stereocenters. The fraction of sp³-hybridized carbons (Fsp3) is 0.121. The molecular formula is C33H22Cl4N2O2. The number of aryl methyl sites for hydroxylation is 1. The number of hydrogen-bond donors (Lipinski definition) is 0. The van der Waals surface area contributed by atoms with Gasteiger partial charge in [-0.05, 0) is 43.7 Å². The van der Waals surface area contributed by atoms with Crippen molar-refractivity contribution in [3.63, 3.8) is 0 Å². The summed E-state index contributed by atoms with van der Waals surface area (Å²) >= 11 is 27.1. The number of halogens is 4. The molecule has 8 heteroatoms. The van der Waals surface area contributed by atoms with E-state index in [4.69, 9.17) is 51.1 Å². The van der Waals surface area contributed by atoms with E-state index in [0.717, 1.165) is 38.8 Å². The molecule has 0 N–H and O–H groups in total. The van der Waals surface area contributed by atoms with Crippen LogP contribution in [0.25, 0.3) is 27.5 Å². The summed E-state index contributed by atoms with van der Waals surface area (Å²) in [6.45, 7) is 4.84. The maximum atomic E-state index is 14.0. The van der Waals surface area contributed by atoms with Crippen molar-refractivity contribution >= 4 is 68.8 Å². The van der Waals surface area contributed by atoms with Crippen LogP contribution in [0.3, 0.4) is 0 Å². The first-order valence-corrected chi connectivity index (χ1v) is 14.7. The number of cyclic esters (lactones) is 1. The van der Waals surface area contributed by atoms with E-state index in [9.17, 15) is 4.79 Å². The summed E-state index contributed by atoms with van der Waals surface area (Å²) in [7, 11) is 0. The molecule has 41 heavy (non-hydrogen) atoms. The molecule has 1 aliphatic heterocycles. The van der Waals surface area contributed by atoms with Crippen molar-refractivity contribution in [3.05, 3.63) is 133 Å². The van der Waals surface area contributed by atoms with Gasteiger partial charge in [-0.15, -0.1) is 0 Å². The van der Waals surface area contributed by atoms with Gasteiger partial charge in [0.05, 0.1) is 31.3 Å². The number of carbonyl (C=O) groups is 1. The zero-order chi connectivity index (χ0) is 28.6. The van der Waals surface area contributed by atoms with Gasteiger partial charge in [-0.3, -0.25) is 0 Å². The lowest BCUT2D eigenvalue weighted by Gasteiger charge is -2.32. The predicted molar refractivity (Wildman–Crippen MR) is 167 cm³/mol. The smallest absolute Gasteiger partial charge is 0.341 e. The zero-order valence-corrected chi connectivity index (χ0v) is 25.0. The Kier molecular flexibility index (Phi) is 6.18. The first-order valence-electron chi connectivity index (χ1n) is 13.1. The van der Waals surface area contributed by atoms with Crippen molar-refractivity contribution in [2.45, 2.75) is 26.0 Å². The standard InChI is InChI=1S/C33H22Cl4N2O2/c1-3-38-18(2)25(21-14-7-8-15-23(21)38)33(26-24(32(40)41-33)27(34)29(36)30(37)28(26)35)31-22(19-11-5-4-6-12-19)17-20-13-9-10-16-39(20)31/h4-17H,3H2,1-2H3. The van der Waals surface area contributed by atoms with Gasteiger partial charge < -0.3 is 13.7 Å². The molecule has 4 nitrogen and oxygen atoms in total.